The van der Waals surface area contributed by atoms with Gasteiger partial charge in [-0.3, -0.25) is 4.79 Å². The number of carbonyl (C=O) groups is 1. The van der Waals surface area contributed by atoms with E-state index < -0.39 is 0 Å². The van der Waals surface area contributed by atoms with E-state index in [2.05, 4.69) is 21.2 Å². The molecular weight excluding hydrogens is 338 g/mol. The first-order valence-corrected chi connectivity index (χ1v) is 7.55. The maximum atomic E-state index is 12.3. The van der Waals surface area contributed by atoms with Gasteiger partial charge in [0.2, 0.25) is 0 Å². The summed E-state index contributed by atoms with van der Waals surface area (Å²) >= 11 is 3.36. The molecule has 1 amide bonds. The summed E-state index contributed by atoms with van der Waals surface area (Å²) in [4.78, 5) is 12.3. The molecule has 0 aromatic heterocycles. The number of methoxy groups -OCH3 is 2. The van der Waals surface area contributed by atoms with Gasteiger partial charge in [-0.1, -0.05) is 13.8 Å². The van der Waals surface area contributed by atoms with Gasteiger partial charge in [-0.05, 0) is 40.4 Å². The van der Waals surface area contributed by atoms with Crippen LogP contribution < -0.4 is 14.8 Å². The van der Waals surface area contributed by atoms with Gasteiger partial charge in [0.15, 0.2) is 0 Å². The van der Waals surface area contributed by atoms with E-state index in [9.17, 15) is 9.90 Å². The summed E-state index contributed by atoms with van der Waals surface area (Å²) < 4.78 is 11.1. The van der Waals surface area contributed by atoms with Crippen molar-refractivity contribution in [2.24, 2.45) is 5.92 Å². The minimum atomic E-state index is -0.266. The van der Waals surface area contributed by atoms with Gasteiger partial charge >= 0.3 is 0 Å². The van der Waals surface area contributed by atoms with Crippen LogP contribution in [0.3, 0.4) is 0 Å². The highest BCUT2D eigenvalue weighted by molar-refractivity contribution is 9.10. The first-order valence-electron chi connectivity index (χ1n) is 6.76. The van der Waals surface area contributed by atoms with E-state index >= 15 is 0 Å². The highest BCUT2D eigenvalue weighted by atomic mass is 79.9. The van der Waals surface area contributed by atoms with Gasteiger partial charge in [0, 0.05) is 5.56 Å². The van der Waals surface area contributed by atoms with Crippen LogP contribution in [0.15, 0.2) is 16.6 Å². The lowest BCUT2D eigenvalue weighted by Gasteiger charge is -2.19. The molecule has 0 aliphatic rings. The van der Waals surface area contributed by atoms with Crippen LogP contribution in [0.2, 0.25) is 0 Å². The van der Waals surface area contributed by atoms with Crippen molar-refractivity contribution in [2.75, 3.05) is 20.8 Å². The normalized spacial score (nSPS) is 12.1. The van der Waals surface area contributed by atoms with Crippen molar-refractivity contribution in [2.45, 2.75) is 26.3 Å². The number of amides is 1. The molecule has 5 nitrogen and oxygen atoms in total. The Labute approximate surface area is 133 Å². The summed E-state index contributed by atoms with van der Waals surface area (Å²) in [5, 5.41) is 12.2. The Hall–Kier alpha value is -1.27. The van der Waals surface area contributed by atoms with Gasteiger partial charge in [0.25, 0.3) is 5.91 Å². The first kappa shape index (κ1) is 17.8. The van der Waals surface area contributed by atoms with E-state index in [1.165, 1.54) is 14.2 Å². The highest BCUT2D eigenvalue weighted by Gasteiger charge is 2.18. The number of nitrogens with one attached hydrogen (secondary N) is 1. The summed E-state index contributed by atoms with van der Waals surface area (Å²) in [5.74, 6) is 1.16. The number of benzene rings is 1. The summed E-state index contributed by atoms with van der Waals surface area (Å²) in [6.07, 6.45) is 0.715. The first-order chi connectivity index (χ1) is 9.92. The van der Waals surface area contributed by atoms with E-state index in [1.54, 1.807) is 12.1 Å². The molecule has 0 heterocycles. The number of halogens is 1. The molecule has 0 aliphatic carbocycles. The van der Waals surface area contributed by atoms with Crippen LogP contribution >= 0.6 is 15.9 Å². The molecule has 0 aliphatic heterocycles. The fourth-order valence-electron chi connectivity index (χ4n) is 2.02. The van der Waals surface area contributed by atoms with Crippen molar-refractivity contribution < 1.29 is 19.4 Å². The van der Waals surface area contributed by atoms with Gasteiger partial charge < -0.3 is 19.9 Å². The Balaban J connectivity index is 2.96. The number of ether oxygens (including phenoxy) is 2. The monoisotopic (exact) mass is 359 g/mol. The number of carbonyl (C=O) groups excluding carboxylic acids is 1. The maximum absolute atomic E-state index is 12.3. The molecule has 118 valence electrons. The van der Waals surface area contributed by atoms with E-state index in [-0.39, 0.29) is 18.6 Å². The van der Waals surface area contributed by atoms with Gasteiger partial charge in [-0.15, -0.1) is 0 Å². The molecule has 0 saturated carbocycles. The third-order valence-corrected chi connectivity index (χ3v) is 3.80. The molecule has 1 atom stereocenters. The van der Waals surface area contributed by atoms with E-state index in [1.807, 2.05) is 13.8 Å². The molecule has 21 heavy (non-hydrogen) atoms. The predicted molar refractivity (Wildman–Crippen MR) is 85.0 cm³/mol. The highest BCUT2D eigenvalue weighted by Crippen LogP contribution is 2.35. The van der Waals surface area contributed by atoms with Crippen molar-refractivity contribution in [1.29, 1.82) is 0 Å². The maximum Gasteiger partial charge on any atom is 0.251 e. The zero-order chi connectivity index (χ0) is 16.0. The molecule has 0 spiro atoms. The minimum Gasteiger partial charge on any atom is -0.495 e. The number of hydrogen-bond acceptors (Lipinski definition) is 4. The molecule has 6 heteroatoms. The van der Waals surface area contributed by atoms with E-state index in [4.69, 9.17) is 9.47 Å². The zero-order valence-electron chi connectivity index (χ0n) is 12.8. The second-order valence-electron chi connectivity index (χ2n) is 5.18. The Morgan fingerprint density at radius 2 is 1.81 bits per heavy atom. The number of rotatable bonds is 7. The quantitative estimate of drug-likeness (QED) is 0.785. The second-order valence-corrected chi connectivity index (χ2v) is 5.97. The van der Waals surface area contributed by atoms with Crippen LogP contribution in [0.1, 0.15) is 30.6 Å². The van der Waals surface area contributed by atoms with E-state index in [0.717, 1.165) is 0 Å². The summed E-state index contributed by atoms with van der Waals surface area (Å²) in [7, 11) is 3.05. The molecule has 1 aromatic carbocycles. The molecule has 0 saturated heterocycles. The van der Waals surface area contributed by atoms with Gasteiger partial charge in [0.1, 0.15) is 16.0 Å². The molecule has 1 aromatic rings. The number of hydrogen-bond donors (Lipinski definition) is 2. The summed E-state index contributed by atoms with van der Waals surface area (Å²) in [6.45, 7) is 4.00. The Bertz CT molecular complexity index is 466. The topological polar surface area (TPSA) is 67.8 Å². The Morgan fingerprint density at radius 3 is 2.19 bits per heavy atom. The molecule has 0 radical (unpaired) electrons. The average Bonchev–Trinajstić information content (AvgIpc) is 2.46. The summed E-state index contributed by atoms with van der Waals surface area (Å²) in [6, 6.07) is 3.00. The second kappa shape index (κ2) is 8.24. The Morgan fingerprint density at radius 1 is 1.29 bits per heavy atom. The molecule has 0 fully saturated rings. The van der Waals surface area contributed by atoms with Crippen LogP contribution in [0.5, 0.6) is 11.5 Å². The summed E-state index contributed by atoms with van der Waals surface area (Å²) in [5.41, 5.74) is 0.425. The van der Waals surface area contributed by atoms with Crippen LogP contribution in [0.25, 0.3) is 0 Å². The predicted octanol–water partition coefficient (Wildman–Crippen LogP) is 2.60. The Kier molecular flexibility index (Phi) is 6.98. The zero-order valence-corrected chi connectivity index (χ0v) is 14.4. The molecule has 0 bridgehead atoms. The van der Waals surface area contributed by atoms with Crippen molar-refractivity contribution in [3.05, 3.63) is 22.2 Å². The smallest absolute Gasteiger partial charge is 0.251 e. The van der Waals surface area contributed by atoms with Crippen LogP contribution in [-0.2, 0) is 0 Å². The average molecular weight is 360 g/mol. The van der Waals surface area contributed by atoms with Crippen molar-refractivity contribution >= 4 is 21.8 Å². The fraction of sp³-hybridized carbons (Fsp3) is 0.533. The molecule has 2 N–H and O–H groups in total. The lowest BCUT2D eigenvalue weighted by atomic mass is 10.0. The van der Waals surface area contributed by atoms with Crippen LogP contribution in [0, 0.1) is 5.92 Å². The van der Waals surface area contributed by atoms with Crippen molar-refractivity contribution in [3.63, 3.8) is 0 Å². The van der Waals surface area contributed by atoms with Crippen LogP contribution in [-0.4, -0.2) is 37.9 Å². The largest absolute Gasteiger partial charge is 0.495 e. The number of aliphatic hydroxyl groups excluding tert-OH is 1. The minimum absolute atomic E-state index is 0.0886. The number of aliphatic hydroxyl groups is 1. The van der Waals surface area contributed by atoms with Crippen molar-refractivity contribution in [1.82, 2.24) is 5.32 Å². The van der Waals surface area contributed by atoms with E-state index in [0.29, 0.717) is 33.9 Å². The molecule has 1 unspecified atom stereocenters. The lowest BCUT2D eigenvalue weighted by Crippen LogP contribution is -2.38. The third-order valence-electron chi connectivity index (χ3n) is 3.02. The van der Waals surface area contributed by atoms with Gasteiger partial charge in [-0.2, -0.15) is 0 Å². The molecular formula is C15H22BrNO4. The standard InChI is InChI=1S/C15H22BrNO4/c1-9(2)5-11(8-18)17-15(19)10-6-12(20-3)14(16)13(7-10)21-4/h6-7,9,11,18H,5,8H2,1-4H3,(H,17,19). The van der Waals surface area contributed by atoms with Crippen LogP contribution in [0.4, 0.5) is 0 Å². The van der Waals surface area contributed by atoms with Crippen molar-refractivity contribution in [3.8, 4) is 11.5 Å². The SMILES string of the molecule is COc1cc(C(=O)NC(CO)CC(C)C)cc(OC)c1Br. The lowest BCUT2D eigenvalue weighted by molar-refractivity contribution is 0.0907. The molecule has 1 rings (SSSR count). The third kappa shape index (κ3) is 4.89. The fourth-order valence-corrected chi connectivity index (χ4v) is 2.57. The van der Waals surface area contributed by atoms with Gasteiger partial charge in [0.05, 0.1) is 26.9 Å². The van der Waals surface area contributed by atoms with Gasteiger partial charge in [-0.25, -0.2) is 0 Å².